The van der Waals surface area contributed by atoms with E-state index in [0.29, 0.717) is 0 Å². The minimum atomic E-state index is -3.40. The second-order valence-electron chi connectivity index (χ2n) is 3.09. The lowest BCUT2D eigenvalue weighted by Crippen LogP contribution is -2.08. The van der Waals surface area contributed by atoms with E-state index in [9.17, 15) is 8.42 Å². The van der Waals surface area contributed by atoms with Gasteiger partial charge < -0.3 is 0 Å². The zero-order valence-electron chi connectivity index (χ0n) is 10.4. The molecule has 0 unspecified atom stereocenters. The van der Waals surface area contributed by atoms with Crippen LogP contribution in [-0.4, -0.2) is 15.0 Å². The first-order valence-corrected chi connectivity index (χ1v) is 7.04. The maximum atomic E-state index is 11.3. The summed E-state index contributed by atoms with van der Waals surface area (Å²) in [5, 5.41) is 0. The van der Waals surface area contributed by atoms with Crippen molar-refractivity contribution in [2.24, 2.45) is 0 Å². The average molecular weight is 244 g/mol. The highest BCUT2D eigenvalue weighted by Gasteiger charge is 2.10. The molecule has 0 amide bonds. The molecule has 0 saturated heterocycles. The summed E-state index contributed by atoms with van der Waals surface area (Å²) in [5.74, 6) is -0.0544. The molecule has 0 radical (unpaired) electrons. The summed E-state index contributed by atoms with van der Waals surface area (Å²) in [7, 11) is -3.40. The van der Waals surface area contributed by atoms with Crippen LogP contribution in [0, 0.1) is 6.92 Å². The first-order valence-electron chi connectivity index (χ1n) is 5.46. The van der Waals surface area contributed by atoms with E-state index in [1.807, 2.05) is 32.9 Å². The van der Waals surface area contributed by atoms with Crippen molar-refractivity contribution in [3.63, 3.8) is 0 Å². The third-order valence-electron chi connectivity index (χ3n) is 1.76. The zero-order valence-corrected chi connectivity index (χ0v) is 11.2. The molecule has 1 aromatic carbocycles. The van der Waals surface area contributed by atoms with Gasteiger partial charge in [0.05, 0.1) is 6.61 Å². The predicted molar refractivity (Wildman–Crippen MR) is 66.8 cm³/mol. The third-order valence-corrected chi connectivity index (χ3v) is 3.04. The van der Waals surface area contributed by atoms with Gasteiger partial charge in [-0.25, -0.2) is 0 Å². The van der Waals surface area contributed by atoms with Crippen LogP contribution < -0.4 is 0 Å². The van der Waals surface area contributed by atoms with Gasteiger partial charge in [-0.05, 0) is 19.4 Å². The Balaban J connectivity index is 0.00000106. The van der Waals surface area contributed by atoms with Gasteiger partial charge in [0.15, 0.2) is 0 Å². The van der Waals surface area contributed by atoms with Crippen LogP contribution in [0.2, 0.25) is 0 Å². The summed E-state index contributed by atoms with van der Waals surface area (Å²) in [5.41, 5.74) is 1.87. The number of aryl methyl sites for hydroxylation is 1. The zero-order chi connectivity index (χ0) is 12.6. The molecule has 16 heavy (non-hydrogen) atoms. The third kappa shape index (κ3) is 5.88. The molecule has 0 bridgehead atoms. The molecule has 1 rings (SSSR count). The van der Waals surface area contributed by atoms with Gasteiger partial charge in [-0.1, -0.05) is 43.7 Å². The minimum absolute atomic E-state index is 0.0544. The molecule has 4 heteroatoms. The lowest BCUT2D eigenvalue weighted by molar-refractivity contribution is 0.337. The Hall–Kier alpha value is -0.870. The molecule has 0 aromatic heterocycles. The molecule has 0 atom stereocenters. The molecule has 0 fully saturated rings. The standard InChI is InChI=1S/C10H14O3S.C2H6/c1-3-13-14(11,12)8-10-6-4-9(2)5-7-10;1-2/h4-7H,3,8H2,1-2H3;1-2H3. The summed E-state index contributed by atoms with van der Waals surface area (Å²) in [6, 6.07) is 7.37. The molecule has 0 aliphatic rings. The summed E-state index contributed by atoms with van der Waals surface area (Å²) in [6.45, 7) is 7.81. The van der Waals surface area contributed by atoms with Crippen molar-refractivity contribution in [2.75, 3.05) is 6.61 Å². The smallest absolute Gasteiger partial charge is 0.270 e. The minimum Gasteiger partial charge on any atom is -0.270 e. The van der Waals surface area contributed by atoms with Crippen LogP contribution in [0.3, 0.4) is 0 Å². The fourth-order valence-corrected chi connectivity index (χ4v) is 2.15. The highest BCUT2D eigenvalue weighted by molar-refractivity contribution is 7.85. The normalized spacial score (nSPS) is 10.5. The van der Waals surface area contributed by atoms with Gasteiger partial charge in [0.1, 0.15) is 5.75 Å². The SMILES string of the molecule is CC.CCOS(=O)(=O)Cc1ccc(C)cc1. The molecule has 92 valence electrons. The van der Waals surface area contributed by atoms with Crippen molar-refractivity contribution >= 4 is 10.1 Å². The molecule has 0 aliphatic heterocycles. The van der Waals surface area contributed by atoms with Gasteiger partial charge >= 0.3 is 0 Å². The topological polar surface area (TPSA) is 43.4 Å². The first-order chi connectivity index (χ1) is 7.53. The first kappa shape index (κ1) is 15.1. The molecule has 0 spiro atoms. The summed E-state index contributed by atoms with van der Waals surface area (Å²) >= 11 is 0. The highest BCUT2D eigenvalue weighted by atomic mass is 32.2. The Morgan fingerprint density at radius 2 is 1.62 bits per heavy atom. The fraction of sp³-hybridized carbons (Fsp3) is 0.500. The number of rotatable bonds is 4. The van der Waals surface area contributed by atoms with Gasteiger partial charge in [-0.15, -0.1) is 0 Å². The second-order valence-corrected chi connectivity index (χ2v) is 4.73. The summed E-state index contributed by atoms with van der Waals surface area (Å²) in [6.07, 6.45) is 0. The van der Waals surface area contributed by atoms with E-state index >= 15 is 0 Å². The molecular formula is C12H20O3S. The predicted octanol–water partition coefficient (Wildman–Crippen LogP) is 2.89. The average Bonchev–Trinajstić information content (AvgIpc) is 2.24. The van der Waals surface area contributed by atoms with Crippen LogP contribution >= 0.6 is 0 Å². The molecule has 0 saturated carbocycles. The van der Waals surface area contributed by atoms with Crippen LogP contribution in [0.5, 0.6) is 0 Å². The number of hydrogen-bond acceptors (Lipinski definition) is 3. The van der Waals surface area contributed by atoms with Crippen LogP contribution in [0.15, 0.2) is 24.3 Å². The monoisotopic (exact) mass is 244 g/mol. The number of hydrogen-bond donors (Lipinski definition) is 0. The van der Waals surface area contributed by atoms with Gasteiger partial charge in [0, 0.05) is 0 Å². The van der Waals surface area contributed by atoms with E-state index in [4.69, 9.17) is 0 Å². The van der Waals surface area contributed by atoms with E-state index in [1.54, 1.807) is 19.1 Å². The Morgan fingerprint density at radius 1 is 1.12 bits per heavy atom. The van der Waals surface area contributed by atoms with Crippen LogP contribution in [0.25, 0.3) is 0 Å². The van der Waals surface area contributed by atoms with E-state index in [-0.39, 0.29) is 12.4 Å². The lowest BCUT2D eigenvalue weighted by atomic mass is 10.2. The maximum absolute atomic E-state index is 11.3. The molecule has 1 aromatic rings. The molecular weight excluding hydrogens is 224 g/mol. The summed E-state index contributed by atoms with van der Waals surface area (Å²) in [4.78, 5) is 0. The molecule has 0 aliphatic carbocycles. The van der Waals surface area contributed by atoms with E-state index < -0.39 is 10.1 Å². The van der Waals surface area contributed by atoms with Crippen molar-refractivity contribution in [1.29, 1.82) is 0 Å². The largest absolute Gasteiger partial charge is 0.271 e. The van der Waals surface area contributed by atoms with Crippen LogP contribution in [0.1, 0.15) is 31.9 Å². The van der Waals surface area contributed by atoms with Crippen molar-refractivity contribution in [2.45, 2.75) is 33.4 Å². The van der Waals surface area contributed by atoms with Crippen LogP contribution in [-0.2, 0) is 20.1 Å². The summed E-state index contributed by atoms with van der Waals surface area (Å²) < 4.78 is 27.2. The van der Waals surface area contributed by atoms with Crippen molar-refractivity contribution in [1.82, 2.24) is 0 Å². The fourth-order valence-electron chi connectivity index (χ4n) is 1.11. The van der Waals surface area contributed by atoms with Crippen molar-refractivity contribution < 1.29 is 12.6 Å². The Kier molecular flexibility index (Phi) is 7.01. The van der Waals surface area contributed by atoms with E-state index in [1.165, 1.54) is 0 Å². The Morgan fingerprint density at radius 3 is 2.06 bits per heavy atom. The van der Waals surface area contributed by atoms with Gasteiger partial charge in [-0.3, -0.25) is 4.18 Å². The Labute approximate surface area is 98.6 Å². The second kappa shape index (κ2) is 7.41. The maximum Gasteiger partial charge on any atom is 0.271 e. The molecule has 0 heterocycles. The van der Waals surface area contributed by atoms with Crippen molar-refractivity contribution in [3.8, 4) is 0 Å². The lowest BCUT2D eigenvalue weighted by Gasteiger charge is -2.03. The van der Waals surface area contributed by atoms with Crippen molar-refractivity contribution in [3.05, 3.63) is 35.4 Å². The van der Waals surface area contributed by atoms with E-state index in [2.05, 4.69) is 4.18 Å². The van der Waals surface area contributed by atoms with E-state index in [0.717, 1.165) is 11.1 Å². The highest BCUT2D eigenvalue weighted by Crippen LogP contribution is 2.08. The van der Waals surface area contributed by atoms with Gasteiger partial charge in [0.25, 0.3) is 10.1 Å². The van der Waals surface area contributed by atoms with Gasteiger partial charge in [0.2, 0.25) is 0 Å². The number of benzene rings is 1. The van der Waals surface area contributed by atoms with Crippen LogP contribution in [0.4, 0.5) is 0 Å². The molecule has 0 N–H and O–H groups in total. The molecule has 3 nitrogen and oxygen atoms in total. The van der Waals surface area contributed by atoms with Gasteiger partial charge in [-0.2, -0.15) is 8.42 Å². The Bertz CT molecular complexity index is 379. The quantitative estimate of drug-likeness (QED) is 0.765.